The zero-order chi connectivity index (χ0) is 32.3. The largest absolute Gasteiger partial charge is 0.135 e. The van der Waals surface area contributed by atoms with E-state index >= 15 is 0 Å². The first-order valence-corrected chi connectivity index (χ1v) is 17.7. The standard InChI is InChI=1S/C48H30S/c1-2-12-32(13-3-1)47-40-17-6-8-19-42(40)48(43-20-9-7-18-41(43)47)38-24-26-45-44(29-38)39-25-23-37(30-46(39)49-45)35-16-10-15-34(28-35)36-22-21-31-11-4-5-14-33(31)27-36/h1-30H. The highest BCUT2D eigenvalue weighted by molar-refractivity contribution is 7.25. The predicted octanol–water partition coefficient (Wildman–Crippen LogP) is 14.2. The summed E-state index contributed by atoms with van der Waals surface area (Å²) in [7, 11) is 0. The van der Waals surface area contributed by atoms with Crippen molar-refractivity contribution >= 4 is 63.8 Å². The lowest BCUT2D eigenvalue weighted by Crippen LogP contribution is -1.90. The Morgan fingerprint density at radius 2 is 0.776 bits per heavy atom. The molecule has 0 aliphatic heterocycles. The quantitative estimate of drug-likeness (QED) is 0.168. The van der Waals surface area contributed by atoms with Gasteiger partial charge in [0.2, 0.25) is 0 Å². The molecular weight excluding hydrogens is 609 g/mol. The second-order valence-electron chi connectivity index (χ2n) is 12.9. The van der Waals surface area contributed by atoms with Gasteiger partial charge in [-0.2, -0.15) is 0 Å². The highest BCUT2D eigenvalue weighted by Crippen LogP contribution is 2.45. The van der Waals surface area contributed by atoms with Gasteiger partial charge in [-0.05, 0) is 107 Å². The van der Waals surface area contributed by atoms with Crippen molar-refractivity contribution in [3.8, 4) is 44.5 Å². The van der Waals surface area contributed by atoms with Crippen molar-refractivity contribution in [2.75, 3.05) is 0 Å². The topological polar surface area (TPSA) is 0 Å². The van der Waals surface area contributed by atoms with Crippen molar-refractivity contribution in [2.24, 2.45) is 0 Å². The van der Waals surface area contributed by atoms with Gasteiger partial charge in [0.25, 0.3) is 0 Å². The van der Waals surface area contributed by atoms with Crippen LogP contribution in [-0.4, -0.2) is 0 Å². The number of benzene rings is 9. The summed E-state index contributed by atoms with van der Waals surface area (Å²) in [6.45, 7) is 0. The van der Waals surface area contributed by atoms with E-state index in [-0.39, 0.29) is 0 Å². The number of hydrogen-bond acceptors (Lipinski definition) is 1. The molecule has 0 amide bonds. The minimum absolute atomic E-state index is 1.24. The van der Waals surface area contributed by atoms with Crippen LogP contribution in [0.15, 0.2) is 182 Å². The Morgan fingerprint density at radius 1 is 0.245 bits per heavy atom. The molecule has 0 saturated carbocycles. The van der Waals surface area contributed by atoms with Crippen molar-refractivity contribution in [2.45, 2.75) is 0 Å². The Bertz CT molecular complexity index is 2820. The van der Waals surface area contributed by atoms with Crippen LogP contribution in [0.25, 0.3) is 97.0 Å². The lowest BCUT2D eigenvalue weighted by Gasteiger charge is -2.17. The molecule has 0 N–H and O–H groups in total. The van der Waals surface area contributed by atoms with E-state index in [0.717, 1.165) is 0 Å². The van der Waals surface area contributed by atoms with Crippen LogP contribution in [0, 0.1) is 0 Å². The summed E-state index contributed by atoms with van der Waals surface area (Å²) in [5.41, 5.74) is 10.1. The smallest absolute Gasteiger partial charge is 0.0361 e. The van der Waals surface area contributed by atoms with E-state index in [9.17, 15) is 0 Å². The van der Waals surface area contributed by atoms with Crippen LogP contribution < -0.4 is 0 Å². The molecule has 49 heavy (non-hydrogen) atoms. The van der Waals surface area contributed by atoms with Crippen LogP contribution >= 0.6 is 11.3 Å². The van der Waals surface area contributed by atoms with Crippen LogP contribution in [0.1, 0.15) is 0 Å². The van der Waals surface area contributed by atoms with Gasteiger partial charge in [-0.15, -0.1) is 11.3 Å². The molecule has 0 unspecified atom stereocenters. The number of rotatable bonds is 4. The highest BCUT2D eigenvalue weighted by Gasteiger charge is 2.17. The maximum Gasteiger partial charge on any atom is 0.0361 e. The molecule has 0 radical (unpaired) electrons. The van der Waals surface area contributed by atoms with Crippen LogP contribution in [0.3, 0.4) is 0 Å². The third kappa shape index (κ3) is 4.66. The predicted molar refractivity (Wildman–Crippen MR) is 214 cm³/mol. The SMILES string of the molecule is c1ccc(-c2c3ccccc3c(-c3ccc4sc5cc(-c6cccc(-c7ccc8ccccc8c7)c6)ccc5c4c3)c3ccccc23)cc1. The molecule has 0 aliphatic carbocycles. The van der Waals surface area contributed by atoms with Crippen molar-refractivity contribution in [3.05, 3.63) is 182 Å². The first-order chi connectivity index (χ1) is 24.3. The lowest BCUT2D eigenvalue weighted by molar-refractivity contribution is 1.62. The van der Waals surface area contributed by atoms with Gasteiger partial charge < -0.3 is 0 Å². The third-order valence-electron chi connectivity index (χ3n) is 10.0. The van der Waals surface area contributed by atoms with E-state index in [0.29, 0.717) is 0 Å². The number of hydrogen-bond donors (Lipinski definition) is 0. The van der Waals surface area contributed by atoms with Gasteiger partial charge >= 0.3 is 0 Å². The summed E-state index contributed by atoms with van der Waals surface area (Å²) in [4.78, 5) is 0. The second-order valence-corrected chi connectivity index (χ2v) is 14.0. The lowest BCUT2D eigenvalue weighted by atomic mass is 9.86. The van der Waals surface area contributed by atoms with Gasteiger partial charge in [0.15, 0.2) is 0 Å². The van der Waals surface area contributed by atoms with Crippen molar-refractivity contribution in [1.29, 1.82) is 0 Å². The summed E-state index contributed by atoms with van der Waals surface area (Å²) in [6, 6.07) is 66.9. The fourth-order valence-electron chi connectivity index (χ4n) is 7.71. The second kappa shape index (κ2) is 11.3. The molecule has 10 aromatic rings. The van der Waals surface area contributed by atoms with Gasteiger partial charge in [0.1, 0.15) is 0 Å². The Hall–Kier alpha value is -6.02. The van der Waals surface area contributed by atoms with Crippen LogP contribution in [0.4, 0.5) is 0 Å². The average molecular weight is 639 g/mol. The summed E-state index contributed by atoms with van der Waals surface area (Å²) in [6.07, 6.45) is 0. The van der Waals surface area contributed by atoms with Gasteiger partial charge in [-0.1, -0.05) is 152 Å². The van der Waals surface area contributed by atoms with Gasteiger partial charge in [0.05, 0.1) is 0 Å². The Labute approximate surface area is 289 Å². The van der Waals surface area contributed by atoms with E-state index in [1.165, 1.54) is 97.0 Å². The zero-order valence-corrected chi connectivity index (χ0v) is 27.5. The monoisotopic (exact) mass is 638 g/mol. The summed E-state index contributed by atoms with van der Waals surface area (Å²) >= 11 is 1.88. The molecule has 10 rings (SSSR count). The average Bonchev–Trinajstić information content (AvgIpc) is 3.54. The fraction of sp³-hybridized carbons (Fsp3) is 0. The Morgan fingerprint density at radius 3 is 1.49 bits per heavy atom. The fourth-order valence-corrected chi connectivity index (χ4v) is 8.84. The minimum atomic E-state index is 1.24. The summed E-state index contributed by atoms with van der Waals surface area (Å²) in [5, 5.41) is 10.3. The van der Waals surface area contributed by atoms with E-state index in [2.05, 4.69) is 182 Å². The number of fused-ring (bicyclic) bond motifs is 6. The maximum absolute atomic E-state index is 2.42. The molecule has 0 fully saturated rings. The van der Waals surface area contributed by atoms with Crippen LogP contribution in [0.5, 0.6) is 0 Å². The van der Waals surface area contributed by atoms with Crippen LogP contribution in [-0.2, 0) is 0 Å². The molecule has 0 spiro atoms. The van der Waals surface area contributed by atoms with Crippen molar-refractivity contribution in [3.63, 3.8) is 0 Å². The molecule has 0 atom stereocenters. The van der Waals surface area contributed by atoms with Crippen LogP contribution in [0.2, 0.25) is 0 Å². The summed E-state index contributed by atoms with van der Waals surface area (Å²) < 4.78 is 2.63. The first-order valence-electron chi connectivity index (χ1n) is 16.8. The summed E-state index contributed by atoms with van der Waals surface area (Å²) in [5.74, 6) is 0. The highest BCUT2D eigenvalue weighted by atomic mass is 32.1. The third-order valence-corrected chi connectivity index (χ3v) is 11.2. The van der Waals surface area contributed by atoms with E-state index in [1.807, 2.05) is 11.3 Å². The molecule has 1 heteroatoms. The Kier molecular flexibility index (Phi) is 6.47. The molecule has 0 saturated heterocycles. The minimum Gasteiger partial charge on any atom is -0.135 e. The number of thiophene rings is 1. The van der Waals surface area contributed by atoms with Gasteiger partial charge in [0, 0.05) is 20.2 Å². The van der Waals surface area contributed by atoms with E-state index in [4.69, 9.17) is 0 Å². The molecule has 9 aromatic carbocycles. The Balaban J connectivity index is 1.10. The molecule has 0 aliphatic rings. The normalized spacial score (nSPS) is 11.7. The van der Waals surface area contributed by atoms with Crippen molar-refractivity contribution < 1.29 is 0 Å². The molecule has 228 valence electrons. The zero-order valence-electron chi connectivity index (χ0n) is 26.7. The van der Waals surface area contributed by atoms with E-state index < -0.39 is 0 Å². The molecular formula is C48H30S. The first kappa shape index (κ1) is 28.0. The maximum atomic E-state index is 2.42. The molecule has 1 heterocycles. The van der Waals surface area contributed by atoms with Crippen molar-refractivity contribution in [1.82, 2.24) is 0 Å². The molecule has 0 bridgehead atoms. The molecule has 1 aromatic heterocycles. The molecule has 0 nitrogen and oxygen atoms in total. The van der Waals surface area contributed by atoms with Gasteiger partial charge in [-0.25, -0.2) is 0 Å². The van der Waals surface area contributed by atoms with E-state index in [1.54, 1.807) is 0 Å². The van der Waals surface area contributed by atoms with Gasteiger partial charge in [-0.3, -0.25) is 0 Å².